The molecule has 0 saturated carbocycles. The topological polar surface area (TPSA) is 47.3 Å². The van der Waals surface area contributed by atoms with Crippen LogP contribution in [0.5, 0.6) is 0 Å². The van der Waals surface area contributed by atoms with Crippen molar-refractivity contribution < 1.29 is 9.84 Å². The van der Waals surface area contributed by atoms with Gasteiger partial charge in [0.25, 0.3) is 0 Å². The second kappa shape index (κ2) is 5.55. The standard InChI is InChI=1S/C15H18N2O2/c18-15(12-5-4-10-19-11-12)14-8-9-16-17(14)13-6-2-1-3-7-13/h1-3,6-9,12,15,18H,4-5,10-11H2. The molecule has 1 aromatic carbocycles. The Morgan fingerprint density at radius 2 is 2.11 bits per heavy atom. The van der Waals surface area contributed by atoms with Crippen LogP contribution in [-0.4, -0.2) is 28.1 Å². The highest BCUT2D eigenvalue weighted by Gasteiger charge is 2.26. The van der Waals surface area contributed by atoms with E-state index < -0.39 is 6.10 Å². The molecule has 1 aliphatic rings. The summed E-state index contributed by atoms with van der Waals surface area (Å²) in [6.07, 6.45) is 3.22. The molecule has 1 N–H and O–H groups in total. The highest BCUT2D eigenvalue weighted by Crippen LogP contribution is 2.29. The Bertz CT molecular complexity index is 518. The van der Waals surface area contributed by atoms with Crippen LogP contribution in [-0.2, 0) is 4.74 Å². The molecule has 2 heterocycles. The van der Waals surface area contributed by atoms with Crippen LogP contribution in [0.4, 0.5) is 0 Å². The van der Waals surface area contributed by atoms with Gasteiger partial charge in [0, 0.05) is 18.7 Å². The number of para-hydroxylation sites is 1. The smallest absolute Gasteiger partial charge is 0.101 e. The van der Waals surface area contributed by atoms with E-state index in [1.165, 1.54) is 0 Å². The van der Waals surface area contributed by atoms with E-state index >= 15 is 0 Å². The average molecular weight is 258 g/mol. The third-order valence-electron chi connectivity index (χ3n) is 3.62. The first-order chi connectivity index (χ1) is 9.36. The quantitative estimate of drug-likeness (QED) is 0.919. The molecule has 1 fully saturated rings. The summed E-state index contributed by atoms with van der Waals surface area (Å²) in [4.78, 5) is 0. The van der Waals surface area contributed by atoms with E-state index in [1.807, 2.05) is 36.4 Å². The maximum atomic E-state index is 10.5. The highest BCUT2D eigenvalue weighted by molar-refractivity contribution is 5.32. The second-order valence-corrected chi connectivity index (χ2v) is 4.93. The van der Waals surface area contributed by atoms with Gasteiger partial charge in [-0.2, -0.15) is 5.10 Å². The van der Waals surface area contributed by atoms with Gasteiger partial charge >= 0.3 is 0 Å². The van der Waals surface area contributed by atoms with Gasteiger partial charge in [-0.3, -0.25) is 0 Å². The van der Waals surface area contributed by atoms with Gasteiger partial charge in [-0.05, 0) is 31.0 Å². The maximum absolute atomic E-state index is 10.5. The van der Waals surface area contributed by atoms with E-state index in [9.17, 15) is 5.11 Å². The van der Waals surface area contributed by atoms with E-state index in [0.717, 1.165) is 30.8 Å². The van der Waals surface area contributed by atoms with E-state index in [1.54, 1.807) is 10.9 Å². The molecule has 2 aromatic rings. The zero-order valence-electron chi connectivity index (χ0n) is 10.8. The van der Waals surface area contributed by atoms with Crippen LogP contribution in [0.1, 0.15) is 24.6 Å². The van der Waals surface area contributed by atoms with Crippen molar-refractivity contribution >= 4 is 0 Å². The molecule has 4 heteroatoms. The zero-order chi connectivity index (χ0) is 13.1. The van der Waals surface area contributed by atoms with Crippen LogP contribution in [0.15, 0.2) is 42.6 Å². The molecule has 1 aromatic heterocycles. The van der Waals surface area contributed by atoms with Crippen molar-refractivity contribution in [3.05, 3.63) is 48.3 Å². The van der Waals surface area contributed by atoms with Gasteiger partial charge in [-0.1, -0.05) is 18.2 Å². The fraction of sp³-hybridized carbons (Fsp3) is 0.400. The van der Waals surface area contributed by atoms with Crippen molar-refractivity contribution in [1.82, 2.24) is 9.78 Å². The van der Waals surface area contributed by atoms with Crippen molar-refractivity contribution in [3.63, 3.8) is 0 Å². The Hall–Kier alpha value is -1.65. The molecule has 2 atom stereocenters. The van der Waals surface area contributed by atoms with E-state index in [-0.39, 0.29) is 5.92 Å². The number of rotatable bonds is 3. The predicted octanol–water partition coefficient (Wildman–Crippen LogP) is 2.33. The Morgan fingerprint density at radius 1 is 1.26 bits per heavy atom. The first-order valence-corrected chi connectivity index (χ1v) is 6.71. The minimum absolute atomic E-state index is 0.160. The van der Waals surface area contributed by atoms with Crippen molar-refractivity contribution in [3.8, 4) is 5.69 Å². The third kappa shape index (κ3) is 2.55. The van der Waals surface area contributed by atoms with Gasteiger partial charge < -0.3 is 9.84 Å². The normalized spacial score (nSPS) is 21.2. The maximum Gasteiger partial charge on any atom is 0.101 e. The number of benzene rings is 1. The second-order valence-electron chi connectivity index (χ2n) is 4.93. The largest absolute Gasteiger partial charge is 0.386 e. The van der Waals surface area contributed by atoms with Crippen molar-refractivity contribution in [2.45, 2.75) is 18.9 Å². The predicted molar refractivity (Wildman–Crippen MR) is 72.1 cm³/mol. The minimum atomic E-state index is -0.525. The molecule has 1 aliphatic heterocycles. The van der Waals surface area contributed by atoms with Gasteiger partial charge in [0.1, 0.15) is 6.10 Å². The molecule has 0 aliphatic carbocycles. The molecule has 0 radical (unpaired) electrons. The van der Waals surface area contributed by atoms with E-state index in [0.29, 0.717) is 6.61 Å². The minimum Gasteiger partial charge on any atom is -0.386 e. The molecule has 0 spiro atoms. The highest BCUT2D eigenvalue weighted by atomic mass is 16.5. The SMILES string of the molecule is OC(c1ccnn1-c1ccccc1)C1CCCOC1. The summed E-state index contributed by atoms with van der Waals surface area (Å²) in [7, 11) is 0. The lowest BCUT2D eigenvalue weighted by Gasteiger charge is -2.27. The van der Waals surface area contributed by atoms with Gasteiger partial charge in [0.15, 0.2) is 0 Å². The third-order valence-corrected chi connectivity index (χ3v) is 3.62. The van der Waals surface area contributed by atoms with Gasteiger partial charge in [0.2, 0.25) is 0 Å². The lowest BCUT2D eigenvalue weighted by Crippen LogP contribution is -2.25. The summed E-state index contributed by atoms with van der Waals surface area (Å²) >= 11 is 0. The molecular formula is C15H18N2O2. The van der Waals surface area contributed by atoms with Crippen LogP contribution >= 0.6 is 0 Å². The summed E-state index contributed by atoms with van der Waals surface area (Å²) in [6, 6.07) is 11.8. The monoisotopic (exact) mass is 258 g/mol. The summed E-state index contributed by atoms with van der Waals surface area (Å²) in [6.45, 7) is 1.43. The van der Waals surface area contributed by atoms with Gasteiger partial charge in [0.05, 0.1) is 18.0 Å². The van der Waals surface area contributed by atoms with Crippen molar-refractivity contribution in [2.75, 3.05) is 13.2 Å². The van der Waals surface area contributed by atoms with Crippen LogP contribution in [0.25, 0.3) is 5.69 Å². The number of nitrogens with zero attached hydrogens (tertiary/aromatic N) is 2. The first-order valence-electron chi connectivity index (χ1n) is 6.71. The summed E-state index contributed by atoms with van der Waals surface area (Å²) in [5.41, 5.74) is 1.81. The molecule has 0 amide bonds. The van der Waals surface area contributed by atoms with E-state index in [2.05, 4.69) is 5.10 Å². The number of hydrogen-bond acceptors (Lipinski definition) is 3. The average Bonchev–Trinajstić information content (AvgIpc) is 2.98. The molecule has 0 bridgehead atoms. The number of aliphatic hydroxyl groups excluding tert-OH is 1. The molecule has 100 valence electrons. The number of hydrogen-bond donors (Lipinski definition) is 1. The molecule has 2 unspecified atom stereocenters. The Kier molecular flexibility index (Phi) is 3.62. The van der Waals surface area contributed by atoms with Crippen LogP contribution in [0, 0.1) is 5.92 Å². The van der Waals surface area contributed by atoms with Crippen LogP contribution in [0.3, 0.4) is 0 Å². The van der Waals surface area contributed by atoms with E-state index in [4.69, 9.17) is 4.74 Å². The first kappa shape index (κ1) is 12.4. The molecular weight excluding hydrogens is 240 g/mol. The van der Waals surface area contributed by atoms with Crippen molar-refractivity contribution in [2.24, 2.45) is 5.92 Å². The molecule has 3 rings (SSSR count). The molecule has 4 nitrogen and oxygen atoms in total. The zero-order valence-corrected chi connectivity index (χ0v) is 10.8. The van der Waals surface area contributed by atoms with Gasteiger partial charge in [-0.15, -0.1) is 0 Å². The van der Waals surface area contributed by atoms with Gasteiger partial charge in [-0.25, -0.2) is 4.68 Å². The van der Waals surface area contributed by atoms with Crippen LogP contribution in [0.2, 0.25) is 0 Å². The molecule has 1 saturated heterocycles. The Labute approximate surface area is 112 Å². The van der Waals surface area contributed by atoms with Crippen molar-refractivity contribution in [1.29, 1.82) is 0 Å². The Morgan fingerprint density at radius 3 is 2.84 bits per heavy atom. The molecule has 19 heavy (non-hydrogen) atoms. The summed E-state index contributed by atoms with van der Waals surface area (Å²) in [5.74, 6) is 0.160. The number of aromatic nitrogens is 2. The lowest BCUT2D eigenvalue weighted by atomic mass is 9.94. The van der Waals surface area contributed by atoms with Crippen LogP contribution < -0.4 is 0 Å². The number of ether oxygens (including phenoxy) is 1. The fourth-order valence-corrected chi connectivity index (χ4v) is 2.58. The summed E-state index contributed by atoms with van der Waals surface area (Å²) in [5, 5.41) is 14.9. The number of aliphatic hydroxyl groups is 1. The Balaban J connectivity index is 1.87. The fourth-order valence-electron chi connectivity index (χ4n) is 2.58. The summed E-state index contributed by atoms with van der Waals surface area (Å²) < 4.78 is 7.26. The lowest BCUT2D eigenvalue weighted by molar-refractivity contribution is -0.0124.